The fourth-order valence-electron chi connectivity index (χ4n) is 2.50. The number of nitrogens with one attached hydrogen (secondary N) is 2. The van der Waals surface area contributed by atoms with Crippen molar-refractivity contribution in [2.45, 2.75) is 33.7 Å². The van der Waals surface area contributed by atoms with Crippen LogP contribution in [0.4, 0.5) is 10.1 Å². The minimum absolute atomic E-state index is 0.0762. The van der Waals surface area contributed by atoms with Gasteiger partial charge in [-0.2, -0.15) is 0 Å². The van der Waals surface area contributed by atoms with Crippen LogP contribution in [0.15, 0.2) is 42.5 Å². The smallest absolute Gasteiger partial charge is 0.254 e. The van der Waals surface area contributed by atoms with E-state index in [9.17, 15) is 14.0 Å². The molecule has 1 atom stereocenters. The van der Waals surface area contributed by atoms with Crippen LogP contribution in [0.3, 0.4) is 0 Å². The van der Waals surface area contributed by atoms with Gasteiger partial charge in [-0.05, 0) is 49.1 Å². The molecule has 4 nitrogen and oxygen atoms in total. The Labute approximate surface area is 147 Å². The second-order valence-electron chi connectivity index (χ2n) is 6.41. The van der Waals surface area contributed by atoms with Crippen molar-refractivity contribution in [3.8, 4) is 0 Å². The Morgan fingerprint density at radius 1 is 1.00 bits per heavy atom. The number of hydrogen-bond acceptors (Lipinski definition) is 2. The number of benzene rings is 2. The van der Waals surface area contributed by atoms with Crippen LogP contribution >= 0.6 is 0 Å². The number of halogens is 1. The molecule has 25 heavy (non-hydrogen) atoms. The fourth-order valence-corrected chi connectivity index (χ4v) is 2.50. The molecule has 0 aliphatic rings. The monoisotopic (exact) mass is 342 g/mol. The Bertz CT molecular complexity index is 787. The summed E-state index contributed by atoms with van der Waals surface area (Å²) in [5.74, 6) is -1.69. The highest BCUT2D eigenvalue weighted by Gasteiger charge is 2.26. The molecule has 0 bridgehead atoms. The summed E-state index contributed by atoms with van der Waals surface area (Å²) in [6.07, 6.45) is 0. The SMILES string of the molecule is Cc1cccc(NC(=O)[C@@H](NC(=O)c2ccccc2F)C(C)C)c1C. The number of amides is 2. The molecule has 5 heteroatoms. The first-order valence-electron chi connectivity index (χ1n) is 8.23. The summed E-state index contributed by atoms with van der Waals surface area (Å²) in [6, 6.07) is 10.6. The molecular weight excluding hydrogens is 319 g/mol. The van der Waals surface area contributed by atoms with E-state index in [2.05, 4.69) is 10.6 Å². The molecule has 0 fully saturated rings. The molecule has 0 radical (unpaired) electrons. The third kappa shape index (κ3) is 4.44. The van der Waals surface area contributed by atoms with Gasteiger partial charge in [-0.1, -0.05) is 38.1 Å². The molecule has 2 aromatic carbocycles. The van der Waals surface area contributed by atoms with E-state index in [-0.39, 0.29) is 17.4 Å². The molecule has 0 aromatic heterocycles. The van der Waals surface area contributed by atoms with Crippen LogP contribution in [0.1, 0.15) is 35.3 Å². The van der Waals surface area contributed by atoms with Crippen LogP contribution in [0.2, 0.25) is 0 Å². The van der Waals surface area contributed by atoms with Crippen molar-refractivity contribution >= 4 is 17.5 Å². The summed E-state index contributed by atoms with van der Waals surface area (Å²) in [4.78, 5) is 25.0. The zero-order valence-corrected chi connectivity index (χ0v) is 14.9. The van der Waals surface area contributed by atoms with Crippen molar-refractivity contribution in [3.63, 3.8) is 0 Å². The number of rotatable bonds is 5. The van der Waals surface area contributed by atoms with Gasteiger partial charge in [0.05, 0.1) is 5.56 Å². The molecule has 0 heterocycles. The van der Waals surface area contributed by atoms with Gasteiger partial charge in [-0.3, -0.25) is 9.59 Å². The maximum Gasteiger partial charge on any atom is 0.254 e. The first-order chi connectivity index (χ1) is 11.8. The lowest BCUT2D eigenvalue weighted by atomic mass is 10.0. The Hall–Kier alpha value is -2.69. The lowest BCUT2D eigenvalue weighted by molar-refractivity contribution is -0.118. The maximum atomic E-state index is 13.8. The summed E-state index contributed by atoms with van der Waals surface area (Å²) in [5, 5.41) is 5.49. The molecule has 0 aliphatic heterocycles. The summed E-state index contributed by atoms with van der Waals surface area (Å²) in [6.45, 7) is 7.54. The fraction of sp³-hybridized carbons (Fsp3) is 0.300. The largest absolute Gasteiger partial charge is 0.340 e. The highest BCUT2D eigenvalue weighted by Crippen LogP contribution is 2.19. The molecule has 132 valence electrons. The minimum Gasteiger partial charge on any atom is -0.340 e. The maximum absolute atomic E-state index is 13.8. The second-order valence-corrected chi connectivity index (χ2v) is 6.41. The van der Waals surface area contributed by atoms with Crippen LogP contribution < -0.4 is 10.6 Å². The lowest BCUT2D eigenvalue weighted by Gasteiger charge is -2.22. The molecule has 0 unspecified atom stereocenters. The normalized spacial score (nSPS) is 11.9. The van der Waals surface area contributed by atoms with Crippen molar-refractivity contribution in [1.82, 2.24) is 5.32 Å². The average molecular weight is 342 g/mol. The molecule has 2 amide bonds. The quantitative estimate of drug-likeness (QED) is 0.867. The van der Waals surface area contributed by atoms with E-state index in [0.29, 0.717) is 5.69 Å². The van der Waals surface area contributed by atoms with Gasteiger partial charge in [0.2, 0.25) is 5.91 Å². The van der Waals surface area contributed by atoms with Crippen LogP contribution in [-0.2, 0) is 4.79 Å². The van der Waals surface area contributed by atoms with Crippen molar-refractivity contribution in [1.29, 1.82) is 0 Å². The predicted molar refractivity (Wildman–Crippen MR) is 97.0 cm³/mol. The summed E-state index contributed by atoms with van der Waals surface area (Å²) < 4.78 is 13.8. The number of hydrogen-bond donors (Lipinski definition) is 2. The summed E-state index contributed by atoms with van der Waals surface area (Å²) >= 11 is 0. The van der Waals surface area contributed by atoms with E-state index in [1.807, 2.05) is 45.9 Å². The van der Waals surface area contributed by atoms with Gasteiger partial charge in [0.15, 0.2) is 0 Å². The van der Waals surface area contributed by atoms with Crippen molar-refractivity contribution in [2.75, 3.05) is 5.32 Å². The van der Waals surface area contributed by atoms with Crippen LogP contribution in [0, 0.1) is 25.6 Å². The molecule has 2 rings (SSSR count). The van der Waals surface area contributed by atoms with Gasteiger partial charge in [0.25, 0.3) is 5.91 Å². The van der Waals surface area contributed by atoms with E-state index in [1.54, 1.807) is 6.07 Å². The molecule has 2 aromatic rings. The Balaban J connectivity index is 2.17. The van der Waals surface area contributed by atoms with E-state index < -0.39 is 17.8 Å². The van der Waals surface area contributed by atoms with Gasteiger partial charge < -0.3 is 10.6 Å². The van der Waals surface area contributed by atoms with Crippen LogP contribution in [-0.4, -0.2) is 17.9 Å². The van der Waals surface area contributed by atoms with Crippen molar-refractivity contribution in [3.05, 3.63) is 65.0 Å². The van der Waals surface area contributed by atoms with E-state index in [0.717, 1.165) is 11.1 Å². The van der Waals surface area contributed by atoms with Crippen molar-refractivity contribution in [2.24, 2.45) is 5.92 Å². The summed E-state index contributed by atoms with van der Waals surface area (Å²) in [7, 11) is 0. The molecule has 0 saturated heterocycles. The first kappa shape index (κ1) is 18.6. The van der Waals surface area contributed by atoms with E-state index in [4.69, 9.17) is 0 Å². The number of aryl methyl sites for hydroxylation is 1. The molecule has 0 aliphatic carbocycles. The van der Waals surface area contributed by atoms with E-state index in [1.165, 1.54) is 18.2 Å². The minimum atomic E-state index is -0.771. The lowest BCUT2D eigenvalue weighted by Crippen LogP contribution is -2.47. The Kier molecular flexibility index (Phi) is 5.91. The second kappa shape index (κ2) is 7.92. The van der Waals surface area contributed by atoms with Gasteiger partial charge in [-0.15, -0.1) is 0 Å². The topological polar surface area (TPSA) is 58.2 Å². The Morgan fingerprint density at radius 2 is 1.68 bits per heavy atom. The first-order valence-corrected chi connectivity index (χ1v) is 8.23. The molecule has 0 saturated carbocycles. The van der Waals surface area contributed by atoms with Crippen LogP contribution in [0.25, 0.3) is 0 Å². The average Bonchev–Trinajstić information content (AvgIpc) is 2.56. The number of carbonyl (C=O) groups excluding carboxylic acids is 2. The zero-order valence-electron chi connectivity index (χ0n) is 14.9. The third-order valence-electron chi connectivity index (χ3n) is 4.22. The predicted octanol–water partition coefficient (Wildman–Crippen LogP) is 3.84. The van der Waals surface area contributed by atoms with Crippen molar-refractivity contribution < 1.29 is 14.0 Å². The van der Waals surface area contributed by atoms with Gasteiger partial charge in [-0.25, -0.2) is 4.39 Å². The zero-order chi connectivity index (χ0) is 18.6. The molecular formula is C20H23FN2O2. The van der Waals surface area contributed by atoms with Crippen LogP contribution in [0.5, 0.6) is 0 Å². The van der Waals surface area contributed by atoms with Gasteiger partial charge >= 0.3 is 0 Å². The van der Waals surface area contributed by atoms with E-state index >= 15 is 0 Å². The third-order valence-corrected chi connectivity index (χ3v) is 4.22. The highest BCUT2D eigenvalue weighted by molar-refractivity contribution is 6.01. The Morgan fingerprint density at radius 3 is 2.32 bits per heavy atom. The highest BCUT2D eigenvalue weighted by atomic mass is 19.1. The molecule has 0 spiro atoms. The number of anilines is 1. The standard InChI is InChI=1S/C20H23FN2O2/c1-12(2)18(23-19(24)15-9-5-6-10-16(15)21)20(25)22-17-11-7-8-13(3)14(17)4/h5-12,18H,1-4H3,(H,22,25)(H,23,24)/t18-/m0/s1. The summed E-state index contributed by atoms with van der Waals surface area (Å²) in [5.41, 5.74) is 2.66. The van der Waals surface area contributed by atoms with Gasteiger partial charge in [0.1, 0.15) is 11.9 Å². The number of carbonyl (C=O) groups is 2. The van der Waals surface area contributed by atoms with Gasteiger partial charge in [0, 0.05) is 5.69 Å². The molecule has 2 N–H and O–H groups in total.